The molecule has 0 aliphatic heterocycles. The summed E-state index contributed by atoms with van der Waals surface area (Å²) in [6, 6.07) is 14.8. The molecule has 0 saturated heterocycles. The van der Waals surface area contributed by atoms with Gasteiger partial charge in [0.05, 0.1) is 0 Å². The lowest BCUT2D eigenvalue weighted by Crippen LogP contribution is -2.18. The monoisotopic (exact) mass is 355 g/mol. The van der Waals surface area contributed by atoms with Crippen LogP contribution in [0, 0.1) is 0 Å². The molecule has 0 radical (unpaired) electrons. The molecule has 2 rings (SSSR count). The molecule has 0 aliphatic carbocycles. The van der Waals surface area contributed by atoms with Gasteiger partial charge in [0, 0.05) is 17.1 Å². The maximum absolute atomic E-state index is 12.2. The van der Waals surface area contributed by atoms with Crippen LogP contribution in [0.1, 0.15) is 24.1 Å². The van der Waals surface area contributed by atoms with Crippen molar-refractivity contribution in [1.82, 2.24) is 5.32 Å². The Kier molecular flexibility index (Phi) is 5.70. The van der Waals surface area contributed by atoms with E-state index in [9.17, 15) is 8.78 Å². The van der Waals surface area contributed by atoms with E-state index in [0.29, 0.717) is 6.54 Å². The number of ether oxygens (including phenoxy) is 1. The van der Waals surface area contributed by atoms with Crippen LogP contribution in [0.5, 0.6) is 5.75 Å². The third-order valence-corrected chi connectivity index (χ3v) is 3.58. The zero-order valence-electron chi connectivity index (χ0n) is 11.5. The van der Waals surface area contributed by atoms with E-state index >= 15 is 0 Å². The van der Waals surface area contributed by atoms with Crippen molar-refractivity contribution in [2.45, 2.75) is 26.1 Å². The molecule has 1 N–H and O–H groups in total. The van der Waals surface area contributed by atoms with Gasteiger partial charge in [-0.2, -0.15) is 8.78 Å². The third kappa shape index (κ3) is 5.10. The fraction of sp³-hybridized carbons (Fsp3) is 0.250. The van der Waals surface area contributed by atoms with Gasteiger partial charge in [0.15, 0.2) is 0 Å². The van der Waals surface area contributed by atoms with Crippen molar-refractivity contribution in [3.8, 4) is 5.75 Å². The van der Waals surface area contributed by atoms with E-state index in [1.165, 1.54) is 6.07 Å². The normalized spacial score (nSPS) is 12.4. The van der Waals surface area contributed by atoms with Crippen molar-refractivity contribution >= 4 is 15.9 Å². The first-order valence-electron chi connectivity index (χ1n) is 6.57. The molecule has 112 valence electrons. The lowest BCUT2D eigenvalue weighted by molar-refractivity contribution is -0.0499. The minimum atomic E-state index is -2.80. The molecule has 1 atom stereocenters. The quantitative estimate of drug-likeness (QED) is 0.795. The minimum absolute atomic E-state index is 0.0326. The molecule has 0 bridgehead atoms. The Labute approximate surface area is 131 Å². The molecule has 0 aromatic heterocycles. The minimum Gasteiger partial charge on any atom is -0.435 e. The molecule has 0 heterocycles. The smallest absolute Gasteiger partial charge is 0.387 e. The summed E-state index contributed by atoms with van der Waals surface area (Å²) < 4.78 is 29.9. The van der Waals surface area contributed by atoms with E-state index in [0.717, 1.165) is 15.6 Å². The Morgan fingerprint density at radius 2 is 1.90 bits per heavy atom. The van der Waals surface area contributed by atoms with Crippen LogP contribution < -0.4 is 10.1 Å². The van der Waals surface area contributed by atoms with Crippen LogP contribution in [0.3, 0.4) is 0 Å². The van der Waals surface area contributed by atoms with Crippen LogP contribution in [-0.2, 0) is 6.54 Å². The van der Waals surface area contributed by atoms with Gasteiger partial charge in [0.25, 0.3) is 0 Å². The molecule has 0 amide bonds. The van der Waals surface area contributed by atoms with Gasteiger partial charge in [-0.05, 0) is 42.3 Å². The Hall–Kier alpha value is -1.46. The van der Waals surface area contributed by atoms with Crippen molar-refractivity contribution in [3.05, 3.63) is 64.1 Å². The number of halogens is 3. The number of hydrogen-bond acceptors (Lipinski definition) is 2. The van der Waals surface area contributed by atoms with Gasteiger partial charge < -0.3 is 10.1 Å². The number of rotatable bonds is 6. The molecule has 2 aromatic carbocycles. The van der Waals surface area contributed by atoms with E-state index in [1.54, 1.807) is 12.1 Å². The van der Waals surface area contributed by atoms with Crippen LogP contribution in [-0.4, -0.2) is 6.61 Å². The fourth-order valence-electron chi connectivity index (χ4n) is 2.00. The van der Waals surface area contributed by atoms with Crippen molar-refractivity contribution in [2.75, 3.05) is 0 Å². The van der Waals surface area contributed by atoms with Crippen molar-refractivity contribution < 1.29 is 13.5 Å². The van der Waals surface area contributed by atoms with Gasteiger partial charge in [0.1, 0.15) is 5.75 Å². The summed E-state index contributed by atoms with van der Waals surface area (Å²) in [5.41, 5.74) is 2.05. The molecular formula is C16H16BrF2NO. The summed E-state index contributed by atoms with van der Waals surface area (Å²) in [6.45, 7) is -0.120. The Morgan fingerprint density at radius 3 is 2.62 bits per heavy atom. The third-order valence-electron chi connectivity index (χ3n) is 3.08. The van der Waals surface area contributed by atoms with Crippen molar-refractivity contribution in [2.24, 2.45) is 0 Å². The first-order chi connectivity index (χ1) is 10.0. The molecule has 0 spiro atoms. The molecule has 0 aliphatic rings. The molecular weight excluding hydrogens is 340 g/mol. The summed E-state index contributed by atoms with van der Waals surface area (Å²) in [5.74, 6) is 0.179. The molecule has 2 aromatic rings. The van der Waals surface area contributed by atoms with Crippen molar-refractivity contribution in [3.63, 3.8) is 0 Å². The Bertz CT molecular complexity index is 592. The molecule has 21 heavy (non-hydrogen) atoms. The number of alkyl halides is 2. The second kappa shape index (κ2) is 7.52. The largest absolute Gasteiger partial charge is 0.435 e. The van der Waals surface area contributed by atoms with Gasteiger partial charge in [-0.3, -0.25) is 0 Å². The number of benzene rings is 2. The highest BCUT2D eigenvalue weighted by atomic mass is 79.9. The molecule has 0 saturated carbocycles. The zero-order chi connectivity index (χ0) is 15.2. The maximum atomic E-state index is 12.2. The molecule has 1 unspecified atom stereocenters. The maximum Gasteiger partial charge on any atom is 0.387 e. The SMILES string of the molecule is CC(NCc1cccc(Br)c1)c1cccc(OC(F)F)c1. The van der Waals surface area contributed by atoms with E-state index < -0.39 is 6.61 Å². The summed E-state index contributed by atoms with van der Waals surface area (Å²) in [6.07, 6.45) is 0. The van der Waals surface area contributed by atoms with Gasteiger partial charge in [-0.25, -0.2) is 0 Å². The first-order valence-corrected chi connectivity index (χ1v) is 7.36. The molecule has 0 fully saturated rings. The van der Waals surface area contributed by atoms with E-state index in [-0.39, 0.29) is 11.8 Å². The number of nitrogens with one attached hydrogen (secondary N) is 1. The Morgan fingerprint density at radius 1 is 1.14 bits per heavy atom. The van der Waals surface area contributed by atoms with Crippen LogP contribution in [0.4, 0.5) is 8.78 Å². The van der Waals surface area contributed by atoms with E-state index in [4.69, 9.17) is 0 Å². The van der Waals surface area contributed by atoms with Crippen LogP contribution in [0.2, 0.25) is 0 Å². The highest BCUT2D eigenvalue weighted by Crippen LogP contribution is 2.21. The average molecular weight is 356 g/mol. The lowest BCUT2D eigenvalue weighted by atomic mass is 10.1. The molecule has 5 heteroatoms. The first kappa shape index (κ1) is 15.9. The zero-order valence-corrected chi connectivity index (χ0v) is 13.1. The molecule has 2 nitrogen and oxygen atoms in total. The van der Waals surface area contributed by atoms with Gasteiger partial charge >= 0.3 is 6.61 Å². The second-order valence-electron chi connectivity index (χ2n) is 4.68. The fourth-order valence-corrected chi connectivity index (χ4v) is 2.44. The van der Waals surface area contributed by atoms with Gasteiger partial charge in [0.2, 0.25) is 0 Å². The number of hydrogen-bond donors (Lipinski definition) is 1. The summed E-state index contributed by atoms with van der Waals surface area (Å²) in [4.78, 5) is 0. The average Bonchev–Trinajstić information content (AvgIpc) is 2.44. The topological polar surface area (TPSA) is 21.3 Å². The lowest BCUT2D eigenvalue weighted by Gasteiger charge is -2.15. The van der Waals surface area contributed by atoms with Crippen LogP contribution in [0.15, 0.2) is 53.0 Å². The standard InChI is InChI=1S/C16H16BrF2NO/c1-11(20-10-12-4-2-6-14(17)8-12)13-5-3-7-15(9-13)21-16(18)19/h2-9,11,16,20H,10H2,1H3. The highest BCUT2D eigenvalue weighted by Gasteiger charge is 2.09. The Balaban J connectivity index is 1.98. The van der Waals surface area contributed by atoms with Crippen LogP contribution in [0.25, 0.3) is 0 Å². The predicted octanol–water partition coefficient (Wildman–Crippen LogP) is 4.90. The summed E-state index contributed by atoms with van der Waals surface area (Å²) >= 11 is 3.43. The second-order valence-corrected chi connectivity index (χ2v) is 5.60. The van der Waals surface area contributed by atoms with Gasteiger partial charge in [-0.15, -0.1) is 0 Å². The highest BCUT2D eigenvalue weighted by molar-refractivity contribution is 9.10. The van der Waals surface area contributed by atoms with Gasteiger partial charge in [-0.1, -0.05) is 40.2 Å². The summed E-state index contributed by atoms with van der Waals surface area (Å²) in [5, 5.41) is 3.36. The summed E-state index contributed by atoms with van der Waals surface area (Å²) in [7, 11) is 0. The van der Waals surface area contributed by atoms with Crippen molar-refractivity contribution in [1.29, 1.82) is 0 Å². The van der Waals surface area contributed by atoms with E-state index in [1.807, 2.05) is 37.3 Å². The van der Waals surface area contributed by atoms with E-state index in [2.05, 4.69) is 26.0 Å². The predicted molar refractivity (Wildman–Crippen MR) is 82.5 cm³/mol. The van der Waals surface area contributed by atoms with Crippen LogP contribution >= 0.6 is 15.9 Å².